The van der Waals surface area contributed by atoms with E-state index in [-0.39, 0.29) is 0 Å². The molecule has 1 rings (SSSR count). The average Bonchev–Trinajstić information content (AvgIpc) is 2.39. The SMILES string of the molecule is [CH2]CCCNc1c(N)cc(C(=O)OC)cc1OC. The smallest absolute Gasteiger partial charge is 0.338 e. The normalized spacial score (nSPS) is 9.94. The second-order valence-electron chi connectivity index (χ2n) is 3.77. The third-order valence-electron chi connectivity index (χ3n) is 2.50. The number of rotatable bonds is 6. The summed E-state index contributed by atoms with van der Waals surface area (Å²) in [5.74, 6) is 0.0868. The minimum Gasteiger partial charge on any atom is -0.494 e. The Balaban J connectivity index is 3.00. The lowest BCUT2D eigenvalue weighted by Crippen LogP contribution is -2.09. The van der Waals surface area contributed by atoms with Crippen molar-refractivity contribution in [2.24, 2.45) is 0 Å². The van der Waals surface area contributed by atoms with Gasteiger partial charge in [-0.15, -0.1) is 0 Å². The molecule has 0 spiro atoms. The van der Waals surface area contributed by atoms with E-state index in [2.05, 4.69) is 17.0 Å². The highest BCUT2D eigenvalue weighted by Gasteiger charge is 2.13. The molecule has 0 atom stereocenters. The molecule has 5 nitrogen and oxygen atoms in total. The van der Waals surface area contributed by atoms with Crippen LogP contribution in [0.25, 0.3) is 0 Å². The third-order valence-corrected chi connectivity index (χ3v) is 2.50. The molecule has 0 unspecified atom stereocenters. The van der Waals surface area contributed by atoms with Gasteiger partial charge >= 0.3 is 5.97 Å². The van der Waals surface area contributed by atoms with Crippen molar-refractivity contribution < 1.29 is 14.3 Å². The number of methoxy groups -OCH3 is 2. The molecule has 0 aromatic heterocycles. The first-order valence-electron chi connectivity index (χ1n) is 5.73. The van der Waals surface area contributed by atoms with E-state index < -0.39 is 5.97 Å². The van der Waals surface area contributed by atoms with Gasteiger partial charge in [0.2, 0.25) is 0 Å². The molecule has 0 bridgehead atoms. The maximum atomic E-state index is 11.4. The third kappa shape index (κ3) is 3.29. The van der Waals surface area contributed by atoms with E-state index in [9.17, 15) is 4.79 Å². The lowest BCUT2D eigenvalue weighted by molar-refractivity contribution is 0.0600. The Hall–Kier alpha value is -1.91. The number of nitrogens with one attached hydrogen (secondary N) is 1. The molecule has 0 aliphatic carbocycles. The summed E-state index contributed by atoms with van der Waals surface area (Å²) in [6.07, 6.45) is 1.77. The average molecular weight is 251 g/mol. The highest BCUT2D eigenvalue weighted by molar-refractivity contribution is 5.93. The van der Waals surface area contributed by atoms with Gasteiger partial charge in [-0.2, -0.15) is 0 Å². The molecule has 18 heavy (non-hydrogen) atoms. The minimum absolute atomic E-state index is 0.370. The maximum Gasteiger partial charge on any atom is 0.338 e. The zero-order chi connectivity index (χ0) is 13.5. The lowest BCUT2D eigenvalue weighted by atomic mass is 10.1. The van der Waals surface area contributed by atoms with Gasteiger partial charge in [-0.1, -0.05) is 13.3 Å². The van der Waals surface area contributed by atoms with Gasteiger partial charge in [-0.3, -0.25) is 0 Å². The van der Waals surface area contributed by atoms with Crippen LogP contribution in [0.5, 0.6) is 5.75 Å². The number of anilines is 2. The van der Waals surface area contributed by atoms with Crippen molar-refractivity contribution in [3.63, 3.8) is 0 Å². The van der Waals surface area contributed by atoms with Crippen LogP contribution in [0.15, 0.2) is 12.1 Å². The number of ether oxygens (including phenoxy) is 2. The number of hydrogen-bond donors (Lipinski definition) is 2. The molecule has 0 aliphatic rings. The summed E-state index contributed by atoms with van der Waals surface area (Å²) >= 11 is 0. The Bertz CT molecular complexity index is 419. The summed E-state index contributed by atoms with van der Waals surface area (Å²) in [7, 11) is 2.85. The van der Waals surface area contributed by atoms with E-state index in [4.69, 9.17) is 10.5 Å². The van der Waals surface area contributed by atoms with Crippen LogP contribution in [0.2, 0.25) is 0 Å². The largest absolute Gasteiger partial charge is 0.494 e. The molecule has 0 amide bonds. The molecule has 0 aliphatic heterocycles. The Morgan fingerprint density at radius 2 is 2.17 bits per heavy atom. The molecule has 5 heteroatoms. The number of nitrogens with two attached hydrogens (primary N) is 1. The summed E-state index contributed by atoms with van der Waals surface area (Å²) in [4.78, 5) is 11.4. The van der Waals surface area contributed by atoms with Gasteiger partial charge < -0.3 is 20.5 Å². The van der Waals surface area contributed by atoms with Gasteiger partial charge in [0.25, 0.3) is 0 Å². The molecule has 1 radical (unpaired) electrons. The monoisotopic (exact) mass is 251 g/mol. The molecule has 0 saturated heterocycles. The number of unbranched alkanes of at least 4 members (excludes halogenated alkanes) is 1. The van der Waals surface area contributed by atoms with Crippen molar-refractivity contribution in [3.05, 3.63) is 24.6 Å². The first-order chi connectivity index (χ1) is 8.63. The summed E-state index contributed by atoms with van der Waals surface area (Å²) in [6.45, 7) is 4.52. The highest BCUT2D eigenvalue weighted by atomic mass is 16.5. The van der Waals surface area contributed by atoms with Crippen molar-refractivity contribution in [3.8, 4) is 5.75 Å². The van der Waals surface area contributed by atoms with Crippen LogP contribution >= 0.6 is 0 Å². The quantitative estimate of drug-likeness (QED) is 0.460. The van der Waals surface area contributed by atoms with Gasteiger partial charge in [0.05, 0.1) is 25.5 Å². The van der Waals surface area contributed by atoms with Crippen molar-refractivity contribution >= 4 is 17.3 Å². The predicted molar refractivity (Wildman–Crippen MR) is 71.8 cm³/mol. The number of esters is 1. The van der Waals surface area contributed by atoms with E-state index in [1.165, 1.54) is 14.2 Å². The van der Waals surface area contributed by atoms with E-state index >= 15 is 0 Å². The van der Waals surface area contributed by atoms with Crippen molar-refractivity contribution in [1.82, 2.24) is 0 Å². The number of carbonyl (C=O) groups excluding carboxylic acids is 1. The first-order valence-corrected chi connectivity index (χ1v) is 5.73. The van der Waals surface area contributed by atoms with Crippen LogP contribution in [0.3, 0.4) is 0 Å². The molecular formula is C13H19N2O3. The number of benzene rings is 1. The summed E-state index contributed by atoms with van der Waals surface area (Å²) < 4.78 is 9.88. The summed E-state index contributed by atoms with van der Waals surface area (Å²) in [5, 5.41) is 3.18. The van der Waals surface area contributed by atoms with Crippen molar-refractivity contribution in [1.29, 1.82) is 0 Å². The Morgan fingerprint density at radius 1 is 1.44 bits per heavy atom. The van der Waals surface area contributed by atoms with E-state index in [0.717, 1.165) is 19.4 Å². The fraction of sp³-hybridized carbons (Fsp3) is 0.385. The Morgan fingerprint density at radius 3 is 2.72 bits per heavy atom. The fourth-order valence-electron chi connectivity index (χ4n) is 1.56. The zero-order valence-corrected chi connectivity index (χ0v) is 10.8. The van der Waals surface area contributed by atoms with Crippen LogP contribution in [0.4, 0.5) is 11.4 Å². The minimum atomic E-state index is -0.440. The maximum absolute atomic E-state index is 11.4. The molecule has 0 heterocycles. The van der Waals surface area contributed by atoms with E-state index in [1.807, 2.05) is 0 Å². The van der Waals surface area contributed by atoms with Gasteiger partial charge in [0.15, 0.2) is 0 Å². The summed E-state index contributed by atoms with van der Waals surface area (Å²) in [6, 6.07) is 3.18. The van der Waals surface area contributed by atoms with Crippen LogP contribution in [-0.4, -0.2) is 26.7 Å². The standard InChI is InChI=1S/C13H19N2O3/c1-4-5-6-15-12-10(14)7-9(13(16)18-3)8-11(12)17-2/h7-8,15H,1,4-6,14H2,2-3H3. The number of carbonyl (C=O) groups is 1. The number of hydrogen-bond acceptors (Lipinski definition) is 5. The first kappa shape index (κ1) is 14.2. The predicted octanol–water partition coefficient (Wildman–Crippen LogP) is 2.09. The molecule has 1 aromatic carbocycles. The Labute approximate surface area is 107 Å². The highest BCUT2D eigenvalue weighted by Crippen LogP contribution is 2.32. The summed E-state index contributed by atoms with van der Waals surface area (Å²) in [5.41, 5.74) is 7.43. The molecule has 99 valence electrons. The second-order valence-corrected chi connectivity index (χ2v) is 3.77. The van der Waals surface area contributed by atoms with Crippen LogP contribution < -0.4 is 15.8 Å². The van der Waals surface area contributed by atoms with Crippen LogP contribution in [0.1, 0.15) is 23.2 Å². The van der Waals surface area contributed by atoms with Gasteiger partial charge in [0.1, 0.15) is 11.4 Å². The van der Waals surface area contributed by atoms with Crippen molar-refractivity contribution in [2.75, 3.05) is 31.8 Å². The molecular weight excluding hydrogens is 232 g/mol. The van der Waals surface area contributed by atoms with Crippen molar-refractivity contribution in [2.45, 2.75) is 12.8 Å². The topological polar surface area (TPSA) is 73.6 Å². The second kappa shape index (κ2) is 6.74. The van der Waals surface area contributed by atoms with Gasteiger partial charge in [-0.05, 0) is 18.6 Å². The fourth-order valence-corrected chi connectivity index (χ4v) is 1.56. The molecule has 1 aromatic rings. The zero-order valence-electron chi connectivity index (χ0n) is 10.8. The number of nitrogen functional groups attached to an aromatic ring is 1. The molecule has 3 N–H and O–H groups in total. The molecule has 0 fully saturated rings. The van der Waals surface area contributed by atoms with E-state index in [1.54, 1.807) is 12.1 Å². The van der Waals surface area contributed by atoms with Crippen LogP contribution in [-0.2, 0) is 4.74 Å². The molecule has 0 saturated carbocycles. The van der Waals surface area contributed by atoms with Crippen LogP contribution in [0, 0.1) is 6.92 Å². The van der Waals surface area contributed by atoms with E-state index in [0.29, 0.717) is 22.7 Å². The Kier molecular flexibility index (Phi) is 5.30. The van der Waals surface area contributed by atoms with Gasteiger partial charge in [0, 0.05) is 6.54 Å². The lowest BCUT2D eigenvalue weighted by Gasteiger charge is -2.14. The van der Waals surface area contributed by atoms with Gasteiger partial charge in [-0.25, -0.2) is 4.79 Å².